The molecule has 3 heterocycles. The van der Waals surface area contributed by atoms with Crippen LogP contribution in [0.25, 0.3) is 33.3 Å². The number of carbonyl (C=O) groups excluding carboxylic acids is 2. The van der Waals surface area contributed by atoms with Crippen LogP contribution in [0.5, 0.6) is 0 Å². The summed E-state index contributed by atoms with van der Waals surface area (Å²) in [6.45, 7) is 9.08. The van der Waals surface area contributed by atoms with Crippen molar-refractivity contribution in [2.45, 2.75) is 39.5 Å². The second-order valence-electron chi connectivity index (χ2n) is 9.13. The normalized spacial score (nSPS) is 13.5. The van der Waals surface area contributed by atoms with Gasteiger partial charge < -0.3 is 15.8 Å². The molecule has 3 atom stereocenters. The number of ether oxygens (including phenoxy) is 1. The zero-order valence-electron chi connectivity index (χ0n) is 21.5. The lowest BCUT2D eigenvalue weighted by Gasteiger charge is -2.21. The van der Waals surface area contributed by atoms with Crippen LogP contribution >= 0.6 is 0 Å². The van der Waals surface area contributed by atoms with Crippen molar-refractivity contribution in [3.63, 3.8) is 0 Å². The molecule has 1 aromatic carbocycles. The molecule has 4 rings (SSSR count). The van der Waals surface area contributed by atoms with Gasteiger partial charge in [0.2, 0.25) is 11.9 Å². The fraction of sp³-hybridized carbons (Fsp3) is 0.241. The van der Waals surface area contributed by atoms with E-state index in [0.717, 1.165) is 22.9 Å². The van der Waals surface area contributed by atoms with E-state index in [2.05, 4.69) is 21.9 Å². The topological polar surface area (TPSA) is 112 Å². The van der Waals surface area contributed by atoms with Crippen LogP contribution in [0.15, 0.2) is 73.7 Å². The summed E-state index contributed by atoms with van der Waals surface area (Å²) in [6, 6.07) is 11.6. The number of amides is 1. The van der Waals surface area contributed by atoms with Crippen molar-refractivity contribution in [2.75, 3.05) is 5.32 Å². The summed E-state index contributed by atoms with van der Waals surface area (Å²) in [6.07, 6.45) is 6.11. The Morgan fingerprint density at radius 2 is 1.95 bits per heavy atom. The van der Waals surface area contributed by atoms with Gasteiger partial charge in [0.15, 0.2) is 6.23 Å². The van der Waals surface area contributed by atoms with Crippen molar-refractivity contribution >= 4 is 28.6 Å². The summed E-state index contributed by atoms with van der Waals surface area (Å²) in [5.74, 6) is -1.46. The first kappa shape index (κ1) is 26.7. The molecule has 38 heavy (non-hydrogen) atoms. The molecule has 0 saturated heterocycles. The smallest absolute Gasteiger partial charge is 0.325 e. The molecule has 8 nitrogen and oxygen atoms in total. The van der Waals surface area contributed by atoms with E-state index in [4.69, 9.17) is 10.5 Å². The minimum Gasteiger partial charge on any atom is -0.440 e. The molecule has 196 valence electrons. The molecular weight excluding hydrogens is 485 g/mol. The molecule has 0 bridgehead atoms. The number of anilines is 1. The molecule has 4 aromatic rings. The monoisotopic (exact) mass is 515 g/mol. The molecule has 0 aliphatic heterocycles. The quantitative estimate of drug-likeness (QED) is 0.174. The third kappa shape index (κ3) is 5.63. The first-order valence-electron chi connectivity index (χ1n) is 12.3. The molecule has 3 N–H and O–H groups in total. The van der Waals surface area contributed by atoms with Gasteiger partial charge in [0.25, 0.3) is 0 Å². The SMILES string of the molecule is C=CC(=O)Nc1cccc(-c2cnc3c(c2)c(-c2ccnc(F)c2)cn3[C@H](C)OC(=O)C(N)C(C)CC)c1. The van der Waals surface area contributed by atoms with E-state index >= 15 is 0 Å². The molecule has 2 unspecified atom stereocenters. The van der Waals surface area contributed by atoms with Gasteiger partial charge in [0.05, 0.1) is 0 Å². The van der Waals surface area contributed by atoms with E-state index in [1.54, 1.807) is 36.0 Å². The van der Waals surface area contributed by atoms with Crippen molar-refractivity contribution in [2.24, 2.45) is 11.7 Å². The van der Waals surface area contributed by atoms with Crippen molar-refractivity contribution in [1.82, 2.24) is 14.5 Å². The first-order chi connectivity index (χ1) is 18.2. The number of esters is 1. The second-order valence-corrected chi connectivity index (χ2v) is 9.13. The summed E-state index contributed by atoms with van der Waals surface area (Å²) < 4.78 is 21.5. The highest BCUT2D eigenvalue weighted by Crippen LogP contribution is 2.35. The zero-order chi connectivity index (χ0) is 27.4. The van der Waals surface area contributed by atoms with Crippen LogP contribution in [-0.2, 0) is 14.3 Å². The van der Waals surface area contributed by atoms with Gasteiger partial charge in [-0.2, -0.15) is 4.39 Å². The number of fused-ring (bicyclic) bond motifs is 1. The number of nitrogens with two attached hydrogens (primary N) is 1. The van der Waals surface area contributed by atoms with Crippen molar-refractivity contribution < 1.29 is 18.7 Å². The highest BCUT2D eigenvalue weighted by molar-refractivity contribution is 6.00. The standard InChI is InChI=1S/C29H30FN5O3/c1-5-17(3)27(31)29(37)38-18(4)35-16-24(20-10-11-32-25(30)14-20)23-13-21(15-33-28(23)35)19-8-7-9-22(12-19)34-26(36)6-2/h6-18,27H,2,5,31H2,1,3-4H3,(H,34,36)/t17?,18-,27?/m0/s1. The average Bonchev–Trinajstić information content (AvgIpc) is 3.31. The van der Waals surface area contributed by atoms with Crippen LogP contribution in [0, 0.1) is 11.9 Å². The summed E-state index contributed by atoms with van der Waals surface area (Å²) in [5, 5.41) is 3.48. The molecule has 3 aromatic heterocycles. The summed E-state index contributed by atoms with van der Waals surface area (Å²) in [7, 11) is 0. The average molecular weight is 516 g/mol. The maximum Gasteiger partial charge on any atom is 0.325 e. The number of nitrogens with zero attached hydrogens (tertiary/aromatic N) is 3. The van der Waals surface area contributed by atoms with E-state index in [9.17, 15) is 14.0 Å². The number of benzene rings is 1. The molecule has 0 spiro atoms. The van der Waals surface area contributed by atoms with E-state index in [1.165, 1.54) is 18.3 Å². The molecule has 0 aliphatic rings. The van der Waals surface area contributed by atoms with Crippen LogP contribution in [0.2, 0.25) is 0 Å². The molecular formula is C29H30FN5O3. The third-order valence-electron chi connectivity index (χ3n) is 6.56. The predicted octanol–water partition coefficient (Wildman–Crippen LogP) is 5.46. The Morgan fingerprint density at radius 1 is 1.16 bits per heavy atom. The fourth-order valence-corrected chi connectivity index (χ4v) is 4.13. The van der Waals surface area contributed by atoms with Crippen LogP contribution in [0.4, 0.5) is 10.1 Å². The van der Waals surface area contributed by atoms with Gasteiger partial charge in [0.1, 0.15) is 11.7 Å². The van der Waals surface area contributed by atoms with Gasteiger partial charge in [-0.25, -0.2) is 9.97 Å². The Bertz CT molecular complexity index is 1500. The second kappa shape index (κ2) is 11.4. The predicted molar refractivity (Wildman–Crippen MR) is 145 cm³/mol. The number of rotatable bonds is 9. The maximum atomic E-state index is 14.1. The number of halogens is 1. The highest BCUT2D eigenvalue weighted by Gasteiger charge is 2.25. The first-order valence-corrected chi connectivity index (χ1v) is 12.3. The summed E-state index contributed by atoms with van der Waals surface area (Å²) in [4.78, 5) is 32.8. The van der Waals surface area contributed by atoms with Crippen LogP contribution in [0.1, 0.15) is 33.4 Å². The highest BCUT2D eigenvalue weighted by atomic mass is 19.1. The summed E-state index contributed by atoms with van der Waals surface area (Å²) in [5.41, 5.74) is 10.1. The summed E-state index contributed by atoms with van der Waals surface area (Å²) >= 11 is 0. The molecule has 9 heteroatoms. The molecule has 1 amide bonds. The number of hydrogen-bond acceptors (Lipinski definition) is 6. The third-order valence-corrected chi connectivity index (χ3v) is 6.56. The Labute approximate surface area is 220 Å². The van der Waals surface area contributed by atoms with Gasteiger partial charge in [-0.15, -0.1) is 0 Å². The van der Waals surface area contributed by atoms with Gasteiger partial charge in [-0.3, -0.25) is 14.2 Å². The molecule has 0 fully saturated rings. The maximum absolute atomic E-state index is 14.1. The van der Waals surface area contributed by atoms with E-state index in [0.29, 0.717) is 22.5 Å². The van der Waals surface area contributed by atoms with Crippen molar-refractivity contribution in [1.29, 1.82) is 0 Å². The lowest BCUT2D eigenvalue weighted by molar-refractivity contribution is -0.155. The minimum atomic E-state index is -0.744. The molecule has 0 radical (unpaired) electrons. The van der Waals surface area contributed by atoms with Crippen molar-refractivity contribution in [3.8, 4) is 22.3 Å². The minimum absolute atomic E-state index is 0.0285. The van der Waals surface area contributed by atoms with E-state index < -0.39 is 24.2 Å². The van der Waals surface area contributed by atoms with Gasteiger partial charge in [0, 0.05) is 46.9 Å². The van der Waals surface area contributed by atoms with E-state index in [1.807, 2.05) is 38.1 Å². The van der Waals surface area contributed by atoms with Crippen molar-refractivity contribution in [3.05, 3.63) is 79.7 Å². The number of hydrogen-bond donors (Lipinski definition) is 2. The van der Waals surface area contributed by atoms with Crippen LogP contribution < -0.4 is 11.1 Å². The molecule has 0 saturated carbocycles. The van der Waals surface area contributed by atoms with Gasteiger partial charge in [-0.05, 0) is 54.3 Å². The Kier molecular flexibility index (Phi) is 7.97. The Hall–Kier alpha value is -4.37. The number of carbonyl (C=O) groups is 2. The zero-order valence-corrected chi connectivity index (χ0v) is 21.5. The van der Waals surface area contributed by atoms with E-state index in [-0.39, 0.29) is 11.8 Å². The Balaban J connectivity index is 1.78. The number of nitrogens with one attached hydrogen (secondary N) is 1. The molecule has 0 aliphatic carbocycles. The van der Waals surface area contributed by atoms with Crippen LogP contribution in [0.3, 0.4) is 0 Å². The lowest BCUT2D eigenvalue weighted by atomic mass is 10.0. The van der Waals surface area contributed by atoms with Crippen LogP contribution in [-0.4, -0.2) is 32.5 Å². The lowest BCUT2D eigenvalue weighted by Crippen LogP contribution is -2.38. The number of aromatic nitrogens is 3. The fourth-order valence-electron chi connectivity index (χ4n) is 4.13. The van der Waals surface area contributed by atoms with Gasteiger partial charge >= 0.3 is 5.97 Å². The van der Waals surface area contributed by atoms with Gasteiger partial charge in [-0.1, -0.05) is 39.0 Å². The largest absolute Gasteiger partial charge is 0.440 e. The number of pyridine rings is 2. The Morgan fingerprint density at radius 3 is 2.66 bits per heavy atom.